The number of hydrogen-bond donors (Lipinski definition) is 1. The molecule has 1 fully saturated rings. The van der Waals surface area contributed by atoms with Crippen molar-refractivity contribution in [1.29, 1.82) is 0 Å². The molecule has 1 aliphatic carbocycles. The van der Waals surface area contributed by atoms with E-state index in [1.165, 1.54) is 37.7 Å². The van der Waals surface area contributed by atoms with Gasteiger partial charge in [0.15, 0.2) is 0 Å². The molecule has 1 aromatic rings. The van der Waals surface area contributed by atoms with E-state index in [0.717, 1.165) is 18.0 Å². The molecule has 1 nitrogen and oxygen atoms in total. The lowest BCUT2D eigenvalue weighted by atomic mass is 9.67. The smallest absolute Gasteiger partial charge is 0.0408 e. The van der Waals surface area contributed by atoms with Crippen molar-refractivity contribution >= 4 is 11.6 Å². The van der Waals surface area contributed by atoms with Crippen LogP contribution in [0.2, 0.25) is 5.02 Å². The summed E-state index contributed by atoms with van der Waals surface area (Å²) in [4.78, 5) is 0. The topological polar surface area (TPSA) is 26.0 Å². The number of nitrogens with two attached hydrogens (primary N) is 1. The molecule has 0 atom stereocenters. The first kappa shape index (κ1) is 11.9. The molecule has 0 saturated heterocycles. The lowest BCUT2D eigenvalue weighted by Gasteiger charge is -2.38. The van der Waals surface area contributed by atoms with Crippen LogP contribution in [0.3, 0.4) is 0 Å². The Hall–Kier alpha value is -0.530. The van der Waals surface area contributed by atoms with Crippen molar-refractivity contribution in [2.75, 3.05) is 6.54 Å². The third-order valence-corrected chi connectivity index (χ3v) is 4.11. The first-order valence-electron chi connectivity index (χ1n) is 6.23. The van der Waals surface area contributed by atoms with Crippen LogP contribution in [-0.4, -0.2) is 6.54 Å². The Balaban J connectivity index is 2.30. The average Bonchev–Trinajstić information content (AvgIpc) is 2.31. The van der Waals surface area contributed by atoms with Crippen molar-refractivity contribution in [2.45, 2.75) is 43.9 Å². The van der Waals surface area contributed by atoms with E-state index < -0.39 is 0 Å². The lowest BCUT2D eigenvalue weighted by Crippen LogP contribution is -2.31. The van der Waals surface area contributed by atoms with E-state index in [9.17, 15) is 0 Å². The van der Waals surface area contributed by atoms with Crippen LogP contribution in [0.5, 0.6) is 0 Å². The normalized spacial score (nSPS) is 19.6. The van der Waals surface area contributed by atoms with Gasteiger partial charge >= 0.3 is 0 Å². The second kappa shape index (κ2) is 5.20. The highest BCUT2D eigenvalue weighted by molar-refractivity contribution is 6.30. The summed E-state index contributed by atoms with van der Waals surface area (Å²) in [6, 6.07) is 8.35. The molecule has 1 aromatic carbocycles. The van der Waals surface area contributed by atoms with Gasteiger partial charge in [-0.05, 0) is 48.9 Å². The zero-order valence-corrected chi connectivity index (χ0v) is 10.5. The monoisotopic (exact) mass is 237 g/mol. The Kier molecular flexibility index (Phi) is 3.88. The van der Waals surface area contributed by atoms with E-state index >= 15 is 0 Å². The van der Waals surface area contributed by atoms with E-state index in [1.54, 1.807) is 0 Å². The van der Waals surface area contributed by atoms with Gasteiger partial charge in [0.25, 0.3) is 0 Å². The SMILES string of the molecule is NCCC1(c2cccc(Cl)c2)CCCCC1. The van der Waals surface area contributed by atoms with Gasteiger partial charge in [-0.25, -0.2) is 0 Å². The molecule has 0 bridgehead atoms. The molecular formula is C14H20ClN. The highest BCUT2D eigenvalue weighted by Crippen LogP contribution is 2.42. The van der Waals surface area contributed by atoms with Crippen molar-refractivity contribution in [3.63, 3.8) is 0 Å². The number of halogens is 1. The predicted octanol–water partition coefficient (Wildman–Crippen LogP) is 3.89. The molecule has 16 heavy (non-hydrogen) atoms. The van der Waals surface area contributed by atoms with Gasteiger partial charge in [-0.1, -0.05) is 43.0 Å². The van der Waals surface area contributed by atoms with Gasteiger partial charge < -0.3 is 5.73 Å². The first-order chi connectivity index (χ1) is 7.77. The fourth-order valence-electron chi connectivity index (χ4n) is 3.01. The van der Waals surface area contributed by atoms with Crippen LogP contribution in [0.25, 0.3) is 0 Å². The minimum absolute atomic E-state index is 0.303. The molecule has 2 heteroatoms. The van der Waals surface area contributed by atoms with Crippen molar-refractivity contribution < 1.29 is 0 Å². The molecule has 0 amide bonds. The summed E-state index contributed by atoms with van der Waals surface area (Å²) in [5, 5.41) is 0.847. The maximum atomic E-state index is 6.09. The van der Waals surface area contributed by atoms with Crippen molar-refractivity contribution in [2.24, 2.45) is 5.73 Å². The van der Waals surface area contributed by atoms with Gasteiger partial charge in [0, 0.05) is 5.02 Å². The second-order valence-corrected chi connectivity index (χ2v) is 5.33. The third kappa shape index (κ3) is 2.41. The van der Waals surface area contributed by atoms with Crippen molar-refractivity contribution in [1.82, 2.24) is 0 Å². The first-order valence-corrected chi connectivity index (χ1v) is 6.61. The number of benzene rings is 1. The Morgan fingerprint density at radius 1 is 1.19 bits per heavy atom. The summed E-state index contributed by atoms with van der Waals surface area (Å²) in [6.07, 6.45) is 7.65. The molecule has 0 aliphatic heterocycles. The third-order valence-electron chi connectivity index (χ3n) is 3.87. The predicted molar refractivity (Wildman–Crippen MR) is 69.9 cm³/mol. The second-order valence-electron chi connectivity index (χ2n) is 4.89. The van der Waals surface area contributed by atoms with Gasteiger partial charge in [0.2, 0.25) is 0 Å². The van der Waals surface area contributed by atoms with Crippen LogP contribution in [0.15, 0.2) is 24.3 Å². The molecule has 0 aromatic heterocycles. The van der Waals surface area contributed by atoms with Crippen LogP contribution in [0, 0.1) is 0 Å². The fraction of sp³-hybridized carbons (Fsp3) is 0.571. The maximum absolute atomic E-state index is 6.09. The van der Waals surface area contributed by atoms with E-state index in [2.05, 4.69) is 18.2 Å². The Bertz CT molecular complexity index is 337. The largest absolute Gasteiger partial charge is 0.330 e. The Morgan fingerprint density at radius 3 is 2.56 bits per heavy atom. The zero-order chi connectivity index (χ0) is 11.4. The zero-order valence-electron chi connectivity index (χ0n) is 9.71. The van der Waals surface area contributed by atoms with Gasteiger partial charge in [-0.15, -0.1) is 0 Å². The summed E-state index contributed by atoms with van der Waals surface area (Å²) in [5.74, 6) is 0. The highest BCUT2D eigenvalue weighted by atomic mass is 35.5. The van der Waals surface area contributed by atoms with Crippen LogP contribution in [-0.2, 0) is 5.41 Å². The van der Waals surface area contributed by atoms with Crippen molar-refractivity contribution in [3.05, 3.63) is 34.9 Å². The van der Waals surface area contributed by atoms with E-state index in [-0.39, 0.29) is 0 Å². The van der Waals surface area contributed by atoms with Crippen LogP contribution in [0.1, 0.15) is 44.1 Å². The van der Waals surface area contributed by atoms with E-state index in [1.807, 2.05) is 6.07 Å². The highest BCUT2D eigenvalue weighted by Gasteiger charge is 2.32. The van der Waals surface area contributed by atoms with Crippen LogP contribution in [0.4, 0.5) is 0 Å². The molecule has 88 valence electrons. The summed E-state index contributed by atoms with van der Waals surface area (Å²) in [6.45, 7) is 0.770. The number of hydrogen-bond acceptors (Lipinski definition) is 1. The summed E-state index contributed by atoms with van der Waals surface area (Å²) in [5.41, 5.74) is 7.48. The molecule has 0 heterocycles. The molecule has 2 N–H and O–H groups in total. The summed E-state index contributed by atoms with van der Waals surface area (Å²) in [7, 11) is 0. The molecule has 0 radical (unpaired) electrons. The summed E-state index contributed by atoms with van der Waals surface area (Å²) < 4.78 is 0. The van der Waals surface area contributed by atoms with Crippen LogP contribution >= 0.6 is 11.6 Å². The lowest BCUT2D eigenvalue weighted by molar-refractivity contribution is 0.277. The Morgan fingerprint density at radius 2 is 1.94 bits per heavy atom. The standard InChI is InChI=1S/C14H20ClN/c15-13-6-4-5-12(11-13)14(9-10-16)7-2-1-3-8-14/h4-6,11H,1-3,7-10,16H2. The summed E-state index contributed by atoms with van der Waals surface area (Å²) >= 11 is 6.09. The molecule has 1 aliphatic rings. The average molecular weight is 238 g/mol. The van der Waals surface area contributed by atoms with E-state index in [4.69, 9.17) is 17.3 Å². The molecule has 2 rings (SSSR count). The number of rotatable bonds is 3. The molecule has 0 unspecified atom stereocenters. The van der Waals surface area contributed by atoms with Crippen molar-refractivity contribution in [3.8, 4) is 0 Å². The van der Waals surface area contributed by atoms with Gasteiger partial charge in [-0.3, -0.25) is 0 Å². The van der Waals surface area contributed by atoms with Gasteiger partial charge in [-0.2, -0.15) is 0 Å². The maximum Gasteiger partial charge on any atom is 0.0408 e. The van der Waals surface area contributed by atoms with Gasteiger partial charge in [0.05, 0.1) is 0 Å². The Labute approximate surface area is 103 Å². The van der Waals surface area contributed by atoms with E-state index in [0.29, 0.717) is 5.41 Å². The molecule has 1 saturated carbocycles. The van der Waals surface area contributed by atoms with Gasteiger partial charge in [0.1, 0.15) is 0 Å². The fourth-order valence-corrected chi connectivity index (χ4v) is 3.20. The molecule has 0 spiro atoms. The molecular weight excluding hydrogens is 218 g/mol. The minimum atomic E-state index is 0.303. The quantitative estimate of drug-likeness (QED) is 0.848. The minimum Gasteiger partial charge on any atom is -0.330 e. The van der Waals surface area contributed by atoms with Crippen LogP contribution < -0.4 is 5.73 Å².